The van der Waals surface area contributed by atoms with Crippen molar-refractivity contribution in [1.29, 1.82) is 0 Å². The summed E-state index contributed by atoms with van der Waals surface area (Å²) in [6, 6.07) is 10.4. The maximum atomic E-state index is 13.1. The number of ether oxygens (including phenoxy) is 1. The Balaban J connectivity index is 1.79. The summed E-state index contributed by atoms with van der Waals surface area (Å²) in [5, 5.41) is 6.42. The van der Waals surface area contributed by atoms with Crippen LogP contribution in [0.1, 0.15) is 11.1 Å². The number of benzene rings is 1. The Labute approximate surface area is 135 Å². The summed E-state index contributed by atoms with van der Waals surface area (Å²) in [4.78, 5) is 8.24. The van der Waals surface area contributed by atoms with E-state index in [1.165, 1.54) is 6.07 Å². The molecule has 0 atom stereocenters. The minimum absolute atomic E-state index is 0.211. The van der Waals surface area contributed by atoms with E-state index in [2.05, 4.69) is 20.6 Å². The Morgan fingerprint density at radius 3 is 2.83 bits per heavy atom. The largest absolute Gasteiger partial charge is 0.481 e. The van der Waals surface area contributed by atoms with Crippen LogP contribution in [0.3, 0.4) is 0 Å². The summed E-state index contributed by atoms with van der Waals surface area (Å²) in [5.74, 6) is 1.06. The van der Waals surface area contributed by atoms with Crippen LogP contribution in [-0.2, 0) is 13.0 Å². The molecule has 0 fully saturated rings. The lowest BCUT2D eigenvalue weighted by Crippen LogP contribution is -2.37. The van der Waals surface area contributed by atoms with Crippen molar-refractivity contribution in [3.8, 4) is 5.88 Å². The first-order valence-electron chi connectivity index (χ1n) is 7.39. The molecule has 122 valence electrons. The molecule has 0 spiro atoms. The van der Waals surface area contributed by atoms with Gasteiger partial charge in [0.05, 0.1) is 7.11 Å². The van der Waals surface area contributed by atoms with Crippen LogP contribution in [0.5, 0.6) is 5.88 Å². The van der Waals surface area contributed by atoms with Gasteiger partial charge in [-0.1, -0.05) is 12.1 Å². The molecule has 5 nitrogen and oxygen atoms in total. The number of methoxy groups -OCH3 is 1. The van der Waals surface area contributed by atoms with Gasteiger partial charge in [-0.25, -0.2) is 9.37 Å². The van der Waals surface area contributed by atoms with Crippen molar-refractivity contribution in [2.24, 2.45) is 4.99 Å². The first-order valence-corrected chi connectivity index (χ1v) is 7.39. The van der Waals surface area contributed by atoms with Crippen LogP contribution in [-0.4, -0.2) is 31.6 Å². The van der Waals surface area contributed by atoms with E-state index < -0.39 is 0 Å². The average Bonchev–Trinajstić information content (AvgIpc) is 2.58. The monoisotopic (exact) mass is 316 g/mol. The molecule has 0 bridgehead atoms. The maximum Gasteiger partial charge on any atom is 0.213 e. The van der Waals surface area contributed by atoms with Gasteiger partial charge in [0.25, 0.3) is 0 Å². The smallest absolute Gasteiger partial charge is 0.213 e. The first kappa shape index (κ1) is 16.7. The molecule has 6 heteroatoms. The number of nitrogens with one attached hydrogen (secondary N) is 2. The third-order valence-corrected chi connectivity index (χ3v) is 3.29. The number of hydrogen-bond donors (Lipinski definition) is 2. The highest BCUT2D eigenvalue weighted by atomic mass is 19.1. The molecule has 1 aromatic carbocycles. The molecule has 0 saturated heterocycles. The minimum Gasteiger partial charge on any atom is -0.481 e. The van der Waals surface area contributed by atoms with Crippen LogP contribution >= 0.6 is 0 Å². The summed E-state index contributed by atoms with van der Waals surface area (Å²) < 4.78 is 18.2. The number of pyridine rings is 1. The van der Waals surface area contributed by atoms with E-state index in [0.717, 1.165) is 17.5 Å². The average molecular weight is 316 g/mol. The Hall–Kier alpha value is -2.63. The summed E-state index contributed by atoms with van der Waals surface area (Å²) in [5.41, 5.74) is 2.00. The molecule has 1 heterocycles. The normalized spacial score (nSPS) is 11.2. The number of nitrogens with zero attached hydrogens (tertiary/aromatic N) is 2. The van der Waals surface area contributed by atoms with Crippen LogP contribution in [0.2, 0.25) is 0 Å². The quantitative estimate of drug-likeness (QED) is 0.633. The number of guanidine groups is 1. The van der Waals surface area contributed by atoms with Crippen molar-refractivity contribution in [1.82, 2.24) is 15.6 Å². The molecule has 0 aliphatic rings. The number of hydrogen-bond acceptors (Lipinski definition) is 3. The van der Waals surface area contributed by atoms with Gasteiger partial charge >= 0.3 is 0 Å². The SMILES string of the molecule is CN=C(NCCc1cccc(F)c1)NCc1ccnc(OC)c1. The second-order valence-electron chi connectivity index (χ2n) is 4.94. The fourth-order valence-electron chi connectivity index (χ4n) is 2.10. The van der Waals surface area contributed by atoms with E-state index in [1.807, 2.05) is 18.2 Å². The third kappa shape index (κ3) is 5.58. The van der Waals surface area contributed by atoms with E-state index in [4.69, 9.17) is 4.74 Å². The summed E-state index contributed by atoms with van der Waals surface area (Å²) in [6.45, 7) is 1.28. The summed E-state index contributed by atoms with van der Waals surface area (Å²) in [6.07, 6.45) is 2.43. The molecule has 0 unspecified atom stereocenters. The van der Waals surface area contributed by atoms with E-state index in [-0.39, 0.29) is 5.82 Å². The Kier molecular flexibility index (Phi) is 6.35. The molecule has 2 rings (SSSR count). The van der Waals surface area contributed by atoms with Gasteiger partial charge in [-0.05, 0) is 35.7 Å². The van der Waals surface area contributed by atoms with Gasteiger partial charge < -0.3 is 15.4 Å². The van der Waals surface area contributed by atoms with Crippen LogP contribution in [0.4, 0.5) is 4.39 Å². The Bertz CT molecular complexity index is 661. The number of halogens is 1. The molecule has 23 heavy (non-hydrogen) atoms. The highest BCUT2D eigenvalue weighted by Crippen LogP contribution is 2.08. The molecule has 0 aliphatic carbocycles. The number of rotatable bonds is 6. The molecular weight excluding hydrogens is 295 g/mol. The predicted molar refractivity (Wildman–Crippen MR) is 89.1 cm³/mol. The second-order valence-corrected chi connectivity index (χ2v) is 4.94. The topological polar surface area (TPSA) is 58.5 Å². The predicted octanol–water partition coefficient (Wildman–Crippen LogP) is 2.14. The summed E-state index contributed by atoms with van der Waals surface area (Å²) >= 11 is 0. The first-order chi connectivity index (χ1) is 11.2. The van der Waals surface area contributed by atoms with E-state index in [9.17, 15) is 4.39 Å². The minimum atomic E-state index is -0.211. The fourth-order valence-corrected chi connectivity index (χ4v) is 2.10. The van der Waals surface area contributed by atoms with Crippen molar-refractivity contribution in [2.75, 3.05) is 20.7 Å². The van der Waals surface area contributed by atoms with Crippen molar-refractivity contribution in [3.63, 3.8) is 0 Å². The molecule has 0 radical (unpaired) electrons. The standard InChI is InChI=1S/C17H21FN4O/c1-19-17(21-9-6-13-4-3-5-15(18)10-13)22-12-14-7-8-20-16(11-14)23-2/h3-5,7-8,10-11H,6,9,12H2,1-2H3,(H2,19,21,22). The van der Waals surface area contributed by atoms with Crippen LogP contribution in [0.25, 0.3) is 0 Å². The Morgan fingerprint density at radius 1 is 1.22 bits per heavy atom. The highest BCUT2D eigenvalue weighted by Gasteiger charge is 2.01. The van der Waals surface area contributed by atoms with Crippen LogP contribution in [0.15, 0.2) is 47.6 Å². The molecule has 2 aromatic rings. The van der Waals surface area contributed by atoms with E-state index in [1.54, 1.807) is 32.5 Å². The zero-order chi connectivity index (χ0) is 16.5. The molecule has 0 aliphatic heterocycles. The lowest BCUT2D eigenvalue weighted by molar-refractivity contribution is 0.397. The number of aromatic nitrogens is 1. The Morgan fingerprint density at radius 2 is 2.09 bits per heavy atom. The third-order valence-electron chi connectivity index (χ3n) is 3.29. The van der Waals surface area contributed by atoms with Gasteiger partial charge in [0.15, 0.2) is 5.96 Å². The van der Waals surface area contributed by atoms with E-state index in [0.29, 0.717) is 24.9 Å². The molecule has 0 saturated carbocycles. The van der Waals surface area contributed by atoms with Gasteiger partial charge in [0.2, 0.25) is 5.88 Å². The van der Waals surface area contributed by atoms with E-state index >= 15 is 0 Å². The van der Waals surface area contributed by atoms with Gasteiger partial charge in [-0.2, -0.15) is 0 Å². The second kappa shape index (κ2) is 8.73. The van der Waals surface area contributed by atoms with Crippen molar-refractivity contribution < 1.29 is 9.13 Å². The molecular formula is C17H21FN4O. The van der Waals surface area contributed by atoms with Crippen molar-refractivity contribution in [2.45, 2.75) is 13.0 Å². The van der Waals surface area contributed by atoms with Crippen molar-refractivity contribution in [3.05, 3.63) is 59.5 Å². The fraction of sp³-hybridized carbons (Fsp3) is 0.294. The lowest BCUT2D eigenvalue weighted by Gasteiger charge is -2.12. The van der Waals surface area contributed by atoms with Crippen molar-refractivity contribution >= 4 is 5.96 Å². The zero-order valence-electron chi connectivity index (χ0n) is 13.3. The molecule has 0 amide bonds. The van der Waals surface area contributed by atoms with Crippen LogP contribution < -0.4 is 15.4 Å². The maximum absolute atomic E-state index is 13.1. The van der Waals surface area contributed by atoms with Gasteiger partial charge in [0, 0.05) is 32.4 Å². The summed E-state index contributed by atoms with van der Waals surface area (Å²) in [7, 11) is 3.30. The zero-order valence-corrected chi connectivity index (χ0v) is 13.3. The van der Waals surface area contributed by atoms with Gasteiger partial charge in [-0.15, -0.1) is 0 Å². The number of aliphatic imine (C=N–C) groups is 1. The lowest BCUT2D eigenvalue weighted by atomic mass is 10.1. The van der Waals surface area contributed by atoms with Gasteiger partial charge in [0.1, 0.15) is 5.82 Å². The molecule has 2 N–H and O–H groups in total. The van der Waals surface area contributed by atoms with Gasteiger partial charge in [-0.3, -0.25) is 4.99 Å². The highest BCUT2D eigenvalue weighted by molar-refractivity contribution is 5.79. The molecule has 1 aromatic heterocycles. The van der Waals surface area contributed by atoms with Crippen LogP contribution in [0, 0.1) is 5.82 Å².